The number of aromatic nitrogens is 3. The Balaban J connectivity index is 2.20. The van der Waals surface area contributed by atoms with Crippen molar-refractivity contribution in [1.82, 2.24) is 14.0 Å². The minimum absolute atomic E-state index is 0.125. The van der Waals surface area contributed by atoms with Gasteiger partial charge in [0.25, 0.3) is 5.56 Å². The summed E-state index contributed by atoms with van der Waals surface area (Å²) in [7, 11) is 0. The van der Waals surface area contributed by atoms with Gasteiger partial charge in [-0.3, -0.25) is 9.20 Å². The monoisotopic (exact) mass is 309 g/mol. The fourth-order valence-electron chi connectivity index (χ4n) is 2.68. The van der Waals surface area contributed by atoms with E-state index in [-0.39, 0.29) is 5.56 Å². The lowest BCUT2D eigenvalue weighted by Crippen LogP contribution is -2.21. The van der Waals surface area contributed by atoms with E-state index >= 15 is 0 Å². The second kappa shape index (κ2) is 4.71. The third-order valence-electron chi connectivity index (χ3n) is 3.77. The standard InChI is InChI=1S/C17H12ClN3O/c1-11-2-5-13(6-3-11)21-16(22)14-10-12(18)4-7-15(14)20-9-8-19-17(20)21/h2-10H,1H3. The number of fused-ring (bicyclic) bond motifs is 3. The van der Waals surface area contributed by atoms with E-state index in [1.54, 1.807) is 22.9 Å². The molecule has 0 unspecified atom stereocenters. The van der Waals surface area contributed by atoms with Gasteiger partial charge in [0.2, 0.25) is 5.78 Å². The molecule has 2 heterocycles. The molecule has 0 saturated carbocycles. The van der Waals surface area contributed by atoms with Crippen molar-refractivity contribution in [3.63, 3.8) is 0 Å². The Labute approximate surface area is 131 Å². The van der Waals surface area contributed by atoms with Crippen molar-refractivity contribution in [2.75, 3.05) is 0 Å². The van der Waals surface area contributed by atoms with E-state index < -0.39 is 0 Å². The highest BCUT2D eigenvalue weighted by atomic mass is 35.5. The first-order valence-corrected chi connectivity index (χ1v) is 7.27. The van der Waals surface area contributed by atoms with E-state index in [0.29, 0.717) is 16.2 Å². The Morgan fingerprint density at radius 2 is 1.86 bits per heavy atom. The van der Waals surface area contributed by atoms with Crippen LogP contribution in [0.15, 0.2) is 59.7 Å². The number of hydrogen-bond acceptors (Lipinski definition) is 2. The molecule has 5 heteroatoms. The number of aryl methyl sites for hydroxylation is 1. The maximum absolute atomic E-state index is 12.9. The van der Waals surface area contributed by atoms with E-state index in [4.69, 9.17) is 11.6 Å². The number of imidazole rings is 1. The molecule has 0 amide bonds. The van der Waals surface area contributed by atoms with E-state index in [1.165, 1.54) is 0 Å². The normalized spacial score (nSPS) is 11.4. The van der Waals surface area contributed by atoms with Crippen LogP contribution in [0.2, 0.25) is 5.02 Å². The summed E-state index contributed by atoms with van der Waals surface area (Å²) in [5.41, 5.74) is 2.60. The van der Waals surface area contributed by atoms with Crippen LogP contribution >= 0.6 is 11.6 Å². The zero-order chi connectivity index (χ0) is 15.3. The molecule has 2 aromatic carbocycles. The minimum atomic E-state index is -0.125. The third kappa shape index (κ3) is 1.84. The predicted molar refractivity (Wildman–Crippen MR) is 88.0 cm³/mol. The van der Waals surface area contributed by atoms with Gasteiger partial charge in [0.15, 0.2) is 0 Å². The number of benzene rings is 2. The molecule has 22 heavy (non-hydrogen) atoms. The van der Waals surface area contributed by atoms with Gasteiger partial charge < -0.3 is 0 Å². The molecule has 2 aromatic heterocycles. The molecule has 0 aliphatic carbocycles. The average Bonchev–Trinajstić information content (AvgIpc) is 2.98. The van der Waals surface area contributed by atoms with Crippen molar-refractivity contribution < 1.29 is 0 Å². The first kappa shape index (κ1) is 13.1. The minimum Gasteiger partial charge on any atom is -0.285 e. The molecule has 4 aromatic rings. The van der Waals surface area contributed by atoms with Crippen molar-refractivity contribution in [3.05, 3.63) is 75.8 Å². The number of rotatable bonds is 1. The summed E-state index contributed by atoms with van der Waals surface area (Å²) < 4.78 is 3.50. The van der Waals surface area contributed by atoms with E-state index in [9.17, 15) is 4.79 Å². The Morgan fingerprint density at radius 3 is 2.64 bits per heavy atom. The van der Waals surface area contributed by atoms with Crippen molar-refractivity contribution >= 4 is 28.3 Å². The lowest BCUT2D eigenvalue weighted by atomic mass is 10.2. The smallest absolute Gasteiger partial charge is 0.267 e. The average molecular weight is 310 g/mol. The van der Waals surface area contributed by atoms with Crippen molar-refractivity contribution in [1.29, 1.82) is 0 Å². The van der Waals surface area contributed by atoms with Gasteiger partial charge in [-0.1, -0.05) is 29.3 Å². The molecule has 0 saturated heterocycles. The molecule has 4 nitrogen and oxygen atoms in total. The number of hydrogen-bond donors (Lipinski definition) is 0. The zero-order valence-electron chi connectivity index (χ0n) is 11.8. The van der Waals surface area contributed by atoms with Gasteiger partial charge in [0, 0.05) is 17.4 Å². The maximum Gasteiger partial charge on any atom is 0.267 e. The molecule has 0 atom stereocenters. The summed E-state index contributed by atoms with van der Waals surface area (Å²) in [5.74, 6) is 0.587. The highest BCUT2D eigenvalue weighted by Crippen LogP contribution is 2.20. The molecule has 0 N–H and O–H groups in total. The van der Waals surface area contributed by atoms with Gasteiger partial charge in [-0.15, -0.1) is 0 Å². The SMILES string of the molecule is Cc1ccc(-n2c(=O)c3cc(Cl)ccc3n3ccnc23)cc1. The van der Waals surface area contributed by atoms with Gasteiger partial charge in [-0.25, -0.2) is 9.55 Å². The molecular weight excluding hydrogens is 298 g/mol. The van der Waals surface area contributed by atoms with E-state index in [1.807, 2.05) is 47.9 Å². The van der Waals surface area contributed by atoms with Gasteiger partial charge >= 0.3 is 0 Å². The summed E-state index contributed by atoms with van der Waals surface area (Å²) in [4.78, 5) is 17.3. The van der Waals surface area contributed by atoms with Crippen molar-refractivity contribution in [2.24, 2.45) is 0 Å². The fraction of sp³-hybridized carbons (Fsp3) is 0.0588. The molecule has 4 rings (SSSR count). The number of halogens is 1. The Hall–Kier alpha value is -2.59. The van der Waals surface area contributed by atoms with Crippen LogP contribution in [0.4, 0.5) is 0 Å². The topological polar surface area (TPSA) is 39.3 Å². The maximum atomic E-state index is 12.9. The molecule has 108 valence electrons. The highest BCUT2D eigenvalue weighted by Gasteiger charge is 2.13. The van der Waals surface area contributed by atoms with Crippen LogP contribution in [-0.2, 0) is 0 Å². The summed E-state index contributed by atoms with van der Waals surface area (Å²) >= 11 is 6.06. The van der Waals surface area contributed by atoms with Gasteiger partial charge in [0.05, 0.1) is 16.6 Å². The molecule has 0 spiro atoms. The quantitative estimate of drug-likeness (QED) is 0.539. The second-order valence-electron chi connectivity index (χ2n) is 5.23. The lowest BCUT2D eigenvalue weighted by molar-refractivity contribution is 0.975. The predicted octanol–water partition coefficient (Wildman–Crippen LogP) is 3.60. The highest BCUT2D eigenvalue weighted by molar-refractivity contribution is 6.31. The molecule has 0 fully saturated rings. The third-order valence-corrected chi connectivity index (χ3v) is 4.00. The first-order chi connectivity index (χ1) is 10.6. The summed E-state index contributed by atoms with van der Waals surface area (Å²) in [6.45, 7) is 2.01. The van der Waals surface area contributed by atoms with Gasteiger partial charge in [-0.05, 0) is 37.3 Å². The lowest BCUT2D eigenvalue weighted by Gasteiger charge is -2.11. The molecule has 0 aliphatic rings. The van der Waals surface area contributed by atoms with Gasteiger partial charge in [0.1, 0.15) is 0 Å². The van der Waals surface area contributed by atoms with Crippen molar-refractivity contribution in [3.8, 4) is 5.69 Å². The second-order valence-corrected chi connectivity index (χ2v) is 5.67. The largest absolute Gasteiger partial charge is 0.285 e. The first-order valence-electron chi connectivity index (χ1n) is 6.89. The molecular formula is C17H12ClN3O. The van der Waals surface area contributed by atoms with Gasteiger partial charge in [-0.2, -0.15) is 0 Å². The Bertz CT molecular complexity index is 1060. The Morgan fingerprint density at radius 1 is 1.09 bits per heavy atom. The van der Waals surface area contributed by atoms with Crippen LogP contribution in [0.5, 0.6) is 0 Å². The van der Waals surface area contributed by atoms with E-state index in [0.717, 1.165) is 16.8 Å². The fourth-order valence-corrected chi connectivity index (χ4v) is 2.85. The summed E-state index contributed by atoms with van der Waals surface area (Å²) in [5, 5.41) is 1.11. The van der Waals surface area contributed by atoms with Crippen LogP contribution in [0.3, 0.4) is 0 Å². The summed E-state index contributed by atoms with van der Waals surface area (Å²) in [6.07, 6.45) is 3.53. The molecule has 0 bridgehead atoms. The van der Waals surface area contributed by atoms with Crippen LogP contribution in [0.25, 0.3) is 22.4 Å². The zero-order valence-corrected chi connectivity index (χ0v) is 12.6. The van der Waals surface area contributed by atoms with E-state index in [2.05, 4.69) is 4.98 Å². The van der Waals surface area contributed by atoms with Crippen LogP contribution in [0.1, 0.15) is 5.56 Å². The molecule has 0 radical (unpaired) electrons. The Kier molecular flexibility index (Phi) is 2.81. The van der Waals surface area contributed by atoms with Crippen LogP contribution in [-0.4, -0.2) is 14.0 Å². The molecule has 0 aliphatic heterocycles. The van der Waals surface area contributed by atoms with Crippen LogP contribution < -0.4 is 5.56 Å². The number of nitrogens with zero attached hydrogens (tertiary/aromatic N) is 3. The van der Waals surface area contributed by atoms with Crippen LogP contribution in [0, 0.1) is 6.92 Å². The summed E-state index contributed by atoms with van der Waals surface area (Å²) in [6, 6.07) is 13.1. The van der Waals surface area contributed by atoms with Crippen molar-refractivity contribution in [2.45, 2.75) is 6.92 Å².